The van der Waals surface area contributed by atoms with Crippen molar-refractivity contribution in [3.05, 3.63) is 33.7 Å². The molecule has 0 aromatic carbocycles. The Bertz CT molecular complexity index is 467. The fraction of sp³-hybridized carbons (Fsp3) is 0.583. The summed E-state index contributed by atoms with van der Waals surface area (Å²) in [4.78, 5) is 11.9. The summed E-state index contributed by atoms with van der Waals surface area (Å²) in [5.41, 5.74) is 1.87. The normalized spacial score (nSPS) is 27.6. The Hall–Kier alpha value is -1.13. The van der Waals surface area contributed by atoms with Gasteiger partial charge < -0.3 is 15.0 Å². The molecular formula is C12H16N2O2. The summed E-state index contributed by atoms with van der Waals surface area (Å²) in [7, 11) is 0. The van der Waals surface area contributed by atoms with E-state index in [4.69, 9.17) is 5.11 Å². The number of nitrogens with one attached hydrogen (secondary N) is 1. The molecule has 16 heavy (non-hydrogen) atoms. The molecule has 4 heteroatoms. The van der Waals surface area contributed by atoms with E-state index in [2.05, 4.69) is 5.32 Å². The molecule has 0 amide bonds. The van der Waals surface area contributed by atoms with Gasteiger partial charge in [-0.15, -0.1) is 0 Å². The molecule has 0 radical (unpaired) electrons. The number of rotatable bonds is 1. The van der Waals surface area contributed by atoms with E-state index < -0.39 is 0 Å². The lowest BCUT2D eigenvalue weighted by atomic mass is 9.84. The lowest BCUT2D eigenvalue weighted by Crippen LogP contribution is -2.44. The maximum Gasteiger partial charge on any atom is 0.251 e. The first-order valence-corrected chi connectivity index (χ1v) is 5.83. The molecule has 0 saturated carbocycles. The Labute approximate surface area is 93.9 Å². The van der Waals surface area contributed by atoms with Gasteiger partial charge in [-0.3, -0.25) is 4.79 Å². The Morgan fingerprint density at radius 2 is 2.31 bits per heavy atom. The van der Waals surface area contributed by atoms with E-state index in [1.165, 1.54) is 6.42 Å². The summed E-state index contributed by atoms with van der Waals surface area (Å²) in [6.45, 7) is 2.74. The number of pyridine rings is 1. The maximum absolute atomic E-state index is 11.9. The molecule has 1 aromatic heterocycles. The van der Waals surface area contributed by atoms with Crippen molar-refractivity contribution in [1.29, 1.82) is 0 Å². The molecule has 2 aliphatic rings. The second kappa shape index (κ2) is 3.71. The van der Waals surface area contributed by atoms with Crippen LogP contribution in [0.25, 0.3) is 0 Å². The molecule has 86 valence electrons. The van der Waals surface area contributed by atoms with E-state index in [1.54, 1.807) is 6.07 Å². The van der Waals surface area contributed by atoms with Crippen LogP contribution in [-0.2, 0) is 13.2 Å². The zero-order valence-electron chi connectivity index (χ0n) is 9.15. The Kier molecular flexibility index (Phi) is 2.33. The number of nitrogens with zero attached hydrogens (tertiary/aromatic N) is 1. The molecular weight excluding hydrogens is 204 g/mol. The third kappa shape index (κ3) is 1.49. The number of aliphatic hydroxyl groups excluding tert-OH is 1. The molecule has 1 aromatic rings. The van der Waals surface area contributed by atoms with Crippen LogP contribution in [0.3, 0.4) is 0 Å². The van der Waals surface area contributed by atoms with Gasteiger partial charge in [0.1, 0.15) is 0 Å². The van der Waals surface area contributed by atoms with Gasteiger partial charge in [0.15, 0.2) is 0 Å². The highest BCUT2D eigenvalue weighted by Crippen LogP contribution is 2.31. The van der Waals surface area contributed by atoms with Crippen LogP contribution in [0.2, 0.25) is 0 Å². The summed E-state index contributed by atoms with van der Waals surface area (Å²) < 4.78 is 1.89. The molecule has 2 N–H and O–H groups in total. The highest BCUT2D eigenvalue weighted by Gasteiger charge is 2.30. The van der Waals surface area contributed by atoms with Crippen LogP contribution in [0.15, 0.2) is 16.9 Å². The van der Waals surface area contributed by atoms with Gasteiger partial charge in [0.05, 0.1) is 6.61 Å². The predicted molar refractivity (Wildman–Crippen MR) is 60.3 cm³/mol. The minimum Gasteiger partial charge on any atom is -0.392 e. The van der Waals surface area contributed by atoms with Crippen molar-refractivity contribution in [3.8, 4) is 0 Å². The van der Waals surface area contributed by atoms with Gasteiger partial charge in [-0.25, -0.2) is 0 Å². The molecule has 0 aliphatic carbocycles. The van der Waals surface area contributed by atoms with Crippen molar-refractivity contribution in [1.82, 2.24) is 9.88 Å². The lowest BCUT2D eigenvalue weighted by molar-refractivity contribution is 0.253. The first kappa shape index (κ1) is 10.1. The molecule has 4 nitrogen and oxygen atoms in total. The van der Waals surface area contributed by atoms with Crippen LogP contribution in [0.1, 0.15) is 23.6 Å². The SMILES string of the molecule is O=c1cc(CO)cc2n1CC1CNCC2C1. The molecule has 1 saturated heterocycles. The number of aromatic nitrogens is 1. The van der Waals surface area contributed by atoms with E-state index in [0.29, 0.717) is 11.8 Å². The van der Waals surface area contributed by atoms with E-state index in [0.717, 1.165) is 30.9 Å². The summed E-state index contributed by atoms with van der Waals surface area (Å²) in [5, 5.41) is 12.5. The van der Waals surface area contributed by atoms with Crippen molar-refractivity contribution < 1.29 is 5.11 Å². The van der Waals surface area contributed by atoms with Crippen molar-refractivity contribution in [2.45, 2.75) is 25.5 Å². The van der Waals surface area contributed by atoms with Gasteiger partial charge in [-0.2, -0.15) is 0 Å². The molecule has 3 rings (SSSR count). The smallest absolute Gasteiger partial charge is 0.251 e. The van der Waals surface area contributed by atoms with Crippen LogP contribution < -0.4 is 10.9 Å². The number of aliphatic hydroxyl groups is 1. The summed E-state index contributed by atoms with van der Waals surface area (Å²) in [6, 6.07) is 3.53. The van der Waals surface area contributed by atoms with Crippen LogP contribution in [0.5, 0.6) is 0 Å². The van der Waals surface area contributed by atoms with Gasteiger partial charge in [-0.1, -0.05) is 0 Å². The van der Waals surface area contributed by atoms with Crippen LogP contribution in [-0.4, -0.2) is 22.8 Å². The molecule has 3 heterocycles. The van der Waals surface area contributed by atoms with Crippen molar-refractivity contribution in [3.63, 3.8) is 0 Å². The quantitative estimate of drug-likeness (QED) is 0.703. The molecule has 0 spiro atoms. The Morgan fingerprint density at radius 1 is 1.44 bits per heavy atom. The van der Waals surface area contributed by atoms with Crippen molar-refractivity contribution in [2.75, 3.05) is 13.1 Å². The minimum absolute atomic E-state index is 0.0400. The van der Waals surface area contributed by atoms with E-state index in [1.807, 2.05) is 10.6 Å². The first-order valence-electron chi connectivity index (χ1n) is 5.83. The molecule has 1 fully saturated rings. The number of hydrogen-bond acceptors (Lipinski definition) is 3. The second-order valence-electron chi connectivity index (χ2n) is 4.85. The van der Waals surface area contributed by atoms with Crippen molar-refractivity contribution in [2.24, 2.45) is 5.92 Å². The van der Waals surface area contributed by atoms with Crippen LogP contribution in [0.4, 0.5) is 0 Å². The molecule has 2 atom stereocenters. The monoisotopic (exact) mass is 220 g/mol. The lowest BCUT2D eigenvalue weighted by Gasteiger charge is -2.37. The average Bonchev–Trinajstić information content (AvgIpc) is 2.31. The Morgan fingerprint density at radius 3 is 3.12 bits per heavy atom. The van der Waals surface area contributed by atoms with E-state index in [-0.39, 0.29) is 12.2 Å². The fourth-order valence-electron chi connectivity index (χ4n) is 2.95. The fourth-order valence-corrected chi connectivity index (χ4v) is 2.95. The highest BCUT2D eigenvalue weighted by molar-refractivity contribution is 5.23. The number of hydrogen-bond donors (Lipinski definition) is 2. The zero-order valence-corrected chi connectivity index (χ0v) is 9.15. The summed E-state index contributed by atoms with van der Waals surface area (Å²) >= 11 is 0. The molecule has 2 bridgehead atoms. The predicted octanol–water partition coefficient (Wildman–Crippen LogP) is 0.0473. The van der Waals surface area contributed by atoms with Crippen LogP contribution >= 0.6 is 0 Å². The van der Waals surface area contributed by atoms with Gasteiger partial charge in [0.25, 0.3) is 5.56 Å². The minimum atomic E-state index is -0.0490. The van der Waals surface area contributed by atoms with Crippen LogP contribution in [0, 0.1) is 5.92 Å². The van der Waals surface area contributed by atoms with E-state index >= 15 is 0 Å². The van der Waals surface area contributed by atoms with Gasteiger partial charge in [0, 0.05) is 30.8 Å². The summed E-state index contributed by atoms with van der Waals surface area (Å²) in [6.07, 6.45) is 1.17. The third-order valence-corrected chi connectivity index (χ3v) is 3.70. The third-order valence-electron chi connectivity index (χ3n) is 3.70. The maximum atomic E-state index is 11.9. The average molecular weight is 220 g/mol. The van der Waals surface area contributed by atoms with E-state index in [9.17, 15) is 4.79 Å². The number of piperidine rings is 1. The highest BCUT2D eigenvalue weighted by atomic mass is 16.3. The Balaban J connectivity index is 2.13. The van der Waals surface area contributed by atoms with Gasteiger partial charge in [-0.05, 0) is 30.5 Å². The van der Waals surface area contributed by atoms with Gasteiger partial charge in [0.2, 0.25) is 0 Å². The largest absolute Gasteiger partial charge is 0.392 e. The second-order valence-corrected chi connectivity index (χ2v) is 4.85. The molecule has 2 unspecified atom stereocenters. The standard InChI is InChI=1S/C12H16N2O2/c15-7-8-2-11-10-1-9(4-13-5-10)6-14(11)12(16)3-8/h2-3,9-10,13,15H,1,4-7H2. The van der Waals surface area contributed by atoms with Gasteiger partial charge >= 0.3 is 0 Å². The first-order chi connectivity index (χ1) is 7.78. The zero-order chi connectivity index (χ0) is 11.1. The topological polar surface area (TPSA) is 54.3 Å². The number of fused-ring (bicyclic) bond motifs is 4. The summed E-state index contributed by atoms with van der Waals surface area (Å²) in [5.74, 6) is 1.02. The molecule has 2 aliphatic heterocycles. The van der Waals surface area contributed by atoms with Crippen molar-refractivity contribution >= 4 is 0 Å².